The van der Waals surface area contributed by atoms with Gasteiger partial charge in [-0.2, -0.15) is 0 Å². The molecule has 2 atom stereocenters. The first-order chi connectivity index (χ1) is 17.7. The molecule has 2 aromatic rings. The van der Waals surface area contributed by atoms with Crippen LogP contribution in [0.4, 0.5) is 15.6 Å². The molecule has 0 spiro atoms. The second-order valence-electron chi connectivity index (χ2n) is 7.29. The van der Waals surface area contributed by atoms with E-state index < -0.39 is 40.8 Å². The van der Waals surface area contributed by atoms with Crippen LogP contribution < -0.4 is 21.3 Å². The molecule has 17 heteroatoms. The molecule has 0 radical (unpaired) electrons. The Hall–Kier alpha value is -4.31. The Balaban J connectivity index is 1.51. The first kappa shape index (κ1) is 27.3. The van der Waals surface area contributed by atoms with Gasteiger partial charge in [0, 0.05) is 24.1 Å². The minimum atomic E-state index is -0.987. The van der Waals surface area contributed by atoms with Crippen molar-refractivity contribution in [2.75, 3.05) is 24.9 Å². The highest BCUT2D eigenvalue weighted by atomic mass is 35.5. The number of thiazole rings is 1. The third-order valence-electron chi connectivity index (χ3n) is 4.79. The van der Waals surface area contributed by atoms with Crippen molar-refractivity contribution in [1.29, 1.82) is 0 Å². The second kappa shape index (κ2) is 12.6. The summed E-state index contributed by atoms with van der Waals surface area (Å²) in [6.07, 6.45) is -0.791. The van der Waals surface area contributed by atoms with Gasteiger partial charge in [-0.15, -0.1) is 22.9 Å². The van der Waals surface area contributed by atoms with Crippen LogP contribution in [-0.2, 0) is 30.6 Å². The van der Waals surface area contributed by atoms with Crippen molar-refractivity contribution >= 4 is 63.3 Å². The van der Waals surface area contributed by atoms with E-state index in [0.717, 1.165) is 11.3 Å². The first-order valence-corrected chi connectivity index (χ1v) is 11.8. The highest BCUT2D eigenvalue weighted by Crippen LogP contribution is 2.17. The zero-order valence-electron chi connectivity index (χ0n) is 19.1. The van der Waals surface area contributed by atoms with Gasteiger partial charge >= 0.3 is 6.09 Å². The molecule has 1 aliphatic heterocycles. The van der Waals surface area contributed by atoms with E-state index in [1.807, 2.05) is 0 Å². The van der Waals surface area contributed by atoms with Crippen LogP contribution in [0.1, 0.15) is 11.3 Å². The number of non-ortho nitro benzene ring substituents is 1. The first-order valence-electron chi connectivity index (χ1n) is 10.4. The number of benzene rings is 1. The van der Waals surface area contributed by atoms with Crippen LogP contribution >= 0.6 is 22.9 Å². The van der Waals surface area contributed by atoms with Crippen molar-refractivity contribution in [2.24, 2.45) is 5.16 Å². The van der Waals surface area contributed by atoms with Crippen molar-refractivity contribution in [3.05, 3.63) is 51.0 Å². The molecule has 0 saturated carbocycles. The van der Waals surface area contributed by atoms with Gasteiger partial charge < -0.3 is 30.8 Å². The van der Waals surface area contributed by atoms with Crippen molar-refractivity contribution in [2.45, 2.75) is 18.7 Å². The van der Waals surface area contributed by atoms with Crippen molar-refractivity contribution in [3.63, 3.8) is 0 Å². The number of β-lactam (4-membered cyclic amide) rings is 1. The topological polar surface area (TPSA) is 203 Å². The fourth-order valence-electron chi connectivity index (χ4n) is 2.98. The van der Waals surface area contributed by atoms with E-state index in [0.29, 0.717) is 5.56 Å². The molecular weight excluding hydrogens is 534 g/mol. The molecule has 4 amide bonds. The number of nitro groups is 1. The highest BCUT2D eigenvalue weighted by Gasteiger charge is 2.41. The maximum absolute atomic E-state index is 12.8. The molecule has 1 aliphatic rings. The number of nitrogens with one attached hydrogen (secondary N) is 4. The molecule has 15 nitrogen and oxygen atoms in total. The van der Waals surface area contributed by atoms with Gasteiger partial charge in [0.2, 0.25) is 11.8 Å². The molecule has 3 rings (SSSR count). The van der Waals surface area contributed by atoms with E-state index >= 15 is 0 Å². The van der Waals surface area contributed by atoms with Crippen molar-refractivity contribution in [3.8, 4) is 0 Å². The summed E-state index contributed by atoms with van der Waals surface area (Å²) in [7, 11) is 1.22. The Labute approximate surface area is 217 Å². The minimum Gasteiger partial charge on any atom is -0.445 e. The van der Waals surface area contributed by atoms with Gasteiger partial charge in [-0.1, -0.05) is 5.16 Å². The lowest BCUT2D eigenvalue weighted by Crippen LogP contribution is -2.72. The summed E-state index contributed by atoms with van der Waals surface area (Å²) in [5, 5.41) is 26.0. The van der Waals surface area contributed by atoms with E-state index in [9.17, 15) is 29.3 Å². The largest absolute Gasteiger partial charge is 0.445 e. The SMILES string of the molecule is CO/N=C(\C(=O)NC1C(=O)NC1CNC(=O)OCc1ccc([N+](=O)[O-])cc1)c1csc(NC(=O)CCl)n1. The number of ether oxygens (including phenoxy) is 1. The van der Waals surface area contributed by atoms with E-state index in [1.54, 1.807) is 0 Å². The molecule has 0 aliphatic carbocycles. The third-order valence-corrected chi connectivity index (χ3v) is 5.80. The fourth-order valence-corrected chi connectivity index (χ4v) is 3.76. The van der Waals surface area contributed by atoms with Crippen LogP contribution in [0.15, 0.2) is 34.8 Å². The predicted molar refractivity (Wildman–Crippen MR) is 130 cm³/mol. The molecular formula is C20H20ClN7O8S. The Morgan fingerprint density at radius 2 is 2.03 bits per heavy atom. The number of amides is 4. The number of nitro benzene ring substituents is 1. The molecule has 1 saturated heterocycles. The lowest BCUT2D eigenvalue weighted by atomic mass is 9.98. The third kappa shape index (κ3) is 7.34. The number of hydrogen-bond acceptors (Lipinski definition) is 11. The summed E-state index contributed by atoms with van der Waals surface area (Å²) in [6, 6.07) is 3.87. The number of hydrogen-bond donors (Lipinski definition) is 4. The maximum Gasteiger partial charge on any atom is 0.407 e. The second-order valence-corrected chi connectivity index (χ2v) is 8.41. The number of carbonyl (C=O) groups excluding carboxylic acids is 4. The Morgan fingerprint density at radius 1 is 1.30 bits per heavy atom. The van der Waals surface area contributed by atoms with Crippen LogP contribution in [0.3, 0.4) is 0 Å². The van der Waals surface area contributed by atoms with E-state index in [-0.39, 0.29) is 41.3 Å². The Morgan fingerprint density at radius 3 is 2.65 bits per heavy atom. The summed E-state index contributed by atoms with van der Waals surface area (Å²) < 4.78 is 5.06. The quantitative estimate of drug-likeness (QED) is 0.100. The number of nitrogens with zero attached hydrogens (tertiary/aromatic N) is 3. The summed E-state index contributed by atoms with van der Waals surface area (Å²) >= 11 is 6.48. The summed E-state index contributed by atoms with van der Waals surface area (Å²) in [5.74, 6) is -2.01. The number of carbonyl (C=O) groups is 4. The van der Waals surface area contributed by atoms with Gasteiger partial charge in [0.1, 0.15) is 31.3 Å². The molecule has 4 N–H and O–H groups in total. The lowest BCUT2D eigenvalue weighted by molar-refractivity contribution is -0.384. The van der Waals surface area contributed by atoms with E-state index in [1.165, 1.54) is 36.8 Å². The summed E-state index contributed by atoms with van der Waals surface area (Å²) in [5.41, 5.74) is 0.312. The molecule has 0 bridgehead atoms. The zero-order valence-corrected chi connectivity index (χ0v) is 20.6. The molecule has 2 unspecified atom stereocenters. The molecule has 196 valence electrons. The molecule has 37 heavy (non-hydrogen) atoms. The predicted octanol–water partition coefficient (Wildman–Crippen LogP) is 0.489. The van der Waals surface area contributed by atoms with Crippen LogP contribution in [-0.4, -0.2) is 71.1 Å². The number of anilines is 1. The van der Waals surface area contributed by atoms with Gasteiger partial charge in [-0.3, -0.25) is 24.5 Å². The average molecular weight is 554 g/mol. The number of alkyl carbamates (subject to hydrolysis) is 1. The van der Waals surface area contributed by atoms with Crippen LogP contribution in [0, 0.1) is 10.1 Å². The van der Waals surface area contributed by atoms with Crippen LogP contribution in [0.2, 0.25) is 0 Å². The van der Waals surface area contributed by atoms with Gasteiger partial charge in [-0.05, 0) is 17.7 Å². The normalized spacial score (nSPS) is 16.6. The van der Waals surface area contributed by atoms with Crippen LogP contribution in [0.25, 0.3) is 0 Å². The molecule has 1 aromatic carbocycles. The number of alkyl halides is 1. The molecule has 1 aromatic heterocycles. The number of rotatable bonds is 11. The lowest BCUT2D eigenvalue weighted by Gasteiger charge is -2.36. The van der Waals surface area contributed by atoms with Crippen molar-refractivity contribution < 1.29 is 33.7 Å². The van der Waals surface area contributed by atoms with Gasteiger partial charge in [0.05, 0.1) is 11.0 Å². The van der Waals surface area contributed by atoms with Gasteiger partial charge in [0.25, 0.3) is 11.6 Å². The van der Waals surface area contributed by atoms with E-state index in [2.05, 4.69) is 31.4 Å². The Bertz CT molecular complexity index is 1220. The van der Waals surface area contributed by atoms with Crippen LogP contribution in [0.5, 0.6) is 0 Å². The average Bonchev–Trinajstić information content (AvgIpc) is 3.34. The fraction of sp³-hybridized carbons (Fsp3) is 0.300. The monoisotopic (exact) mass is 553 g/mol. The van der Waals surface area contributed by atoms with Gasteiger partial charge in [-0.25, -0.2) is 9.78 Å². The van der Waals surface area contributed by atoms with Crippen molar-refractivity contribution in [1.82, 2.24) is 20.9 Å². The number of oxime groups is 1. The number of aromatic nitrogens is 1. The van der Waals surface area contributed by atoms with Gasteiger partial charge in [0.15, 0.2) is 10.8 Å². The summed E-state index contributed by atoms with van der Waals surface area (Å²) in [6.45, 7) is -0.184. The summed E-state index contributed by atoms with van der Waals surface area (Å²) in [4.78, 5) is 67.2. The maximum atomic E-state index is 12.8. The molecule has 1 fully saturated rings. The minimum absolute atomic E-state index is 0.0577. The zero-order chi connectivity index (χ0) is 26.9. The highest BCUT2D eigenvalue weighted by molar-refractivity contribution is 7.14. The van der Waals surface area contributed by atoms with E-state index in [4.69, 9.17) is 21.2 Å². The Kier molecular flexibility index (Phi) is 9.28. The standard InChI is InChI=1S/C20H20ClN7O8S/c1-35-27-16(13-9-37-19(24-13)25-14(29)6-21)18(31)26-15-12(23-17(15)30)7-22-20(32)36-8-10-2-4-11(5-3-10)28(33)34/h2-5,9,12,15H,6-8H2,1H3,(H,22,32)(H,23,30)(H,26,31)(H,24,25,29)/b27-16-. The number of halogens is 1. The smallest absolute Gasteiger partial charge is 0.407 e. The molecule has 2 heterocycles.